The van der Waals surface area contributed by atoms with E-state index < -0.39 is 6.10 Å². The van der Waals surface area contributed by atoms with Crippen molar-refractivity contribution < 1.29 is 14.6 Å². The average Bonchev–Trinajstić information content (AvgIpc) is 3.18. The van der Waals surface area contributed by atoms with Gasteiger partial charge in [0.2, 0.25) is 0 Å². The van der Waals surface area contributed by atoms with Gasteiger partial charge in [-0.15, -0.1) is 0 Å². The van der Waals surface area contributed by atoms with Crippen molar-refractivity contribution in [1.82, 2.24) is 0 Å². The molecule has 2 aliphatic rings. The molecule has 3 heteroatoms. The van der Waals surface area contributed by atoms with Gasteiger partial charge >= 0.3 is 0 Å². The lowest BCUT2D eigenvalue weighted by Gasteiger charge is -2.41. The van der Waals surface area contributed by atoms with Crippen LogP contribution in [0.5, 0.6) is 5.75 Å². The van der Waals surface area contributed by atoms with Gasteiger partial charge in [0.1, 0.15) is 5.75 Å². The number of hydrogen-bond acceptors (Lipinski definition) is 3. The summed E-state index contributed by atoms with van der Waals surface area (Å²) >= 11 is 0. The van der Waals surface area contributed by atoms with E-state index in [1.54, 1.807) is 7.11 Å². The zero-order chi connectivity index (χ0) is 13.3. The average molecular weight is 262 g/mol. The molecule has 1 atom stereocenters. The van der Waals surface area contributed by atoms with Crippen molar-refractivity contribution in [3.05, 3.63) is 29.8 Å². The largest absolute Gasteiger partial charge is 0.490 e. The number of rotatable bonds is 6. The molecule has 2 saturated carbocycles. The minimum absolute atomic E-state index is 0.0946. The summed E-state index contributed by atoms with van der Waals surface area (Å²) < 4.78 is 11.3. The van der Waals surface area contributed by atoms with Crippen molar-refractivity contribution in [2.24, 2.45) is 0 Å². The van der Waals surface area contributed by atoms with Gasteiger partial charge < -0.3 is 14.6 Å². The molecule has 0 heterocycles. The standard InChI is InChI=1S/C16H22O3/c1-18-16(9-2-10-16)11-15(17)12-3-5-13(6-4-12)19-14-7-8-14/h3-6,14-15,17H,2,7-11H2,1H3. The number of aliphatic hydroxyl groups is 1. The van der Waals surface area contributed by atoms with Gasteiger partial charge in [0.25, 0.3) is 0 Å². The summed E-state index contributed by atoms with van der Waals surface area (Å²) in [5.74, 6) is 0.906. The highest BCUT2D eigenvalue weighted by atomic mass is 16.5. The number of aliphatic hydroxyl groups excluding tert-OH is 1. The number of hydrogen-bond donors (Lipinski definition) is 1. The molecule has 2 fully saturated rings. The summed E-state index contributed by atoms with van der Waals surface area (Å²) in [6.45, 7) is 0. The molecule has 0 radical (unpaired) electrons. The predicted octanol–water partition coefficient (Wildman–Crippen LogP) is 3.22. The van der Waals surface area contributed by atoms with Crippen molar-refractivity contribution in [3.8, 4) is 5.75 Å². The van der Waals surface area contributed by atoms with Crippen LogP contribution in [0.1, 0.15) is 50.2 Å². The van der Waals surface area contributed by atoms with E-state index in [1.165, 1.54) is 19.3 Å². The minimum atomic E-state index is -0.449. The van der Waals surface area contributed by atoms with Crippen molar-refractivity contribution in [2.75, 3.05) is 7.11 Å². The summed E-state index contributed by atoms with van der Waals surface area (Å²) in [6.07, 6.45) is 6.31. The van der Waals surface area contributed by atoms with Crippen LogP contribution >= 0.6 is 0 Å². The Hall–Kier alpha value is -1.06. The van der Waals surface area contributed by atoms with Crippen LogP contribution in [-0.2, 0) is 4.74 Å². The molecule has 3 rings (SSSR count). The monoisotopic (exact) mass is 262 g/mol. The van der Waals surface area contributed by atoms with Gasteiger partial charge in [0.05, 0.1) is 17.8 Å². The summed E-state index contributed by atoms with van der Waals surface area (Å²) in [7, 11) is 1.75. The summed E-state index contributed by atoms with van der Waals surface area (Å²) in [6, 6.07) is 7.84. The molecule has 1 N–H and O–H groups in total. The first kappa shape index (κ1) is 12.9. The van der Waals surface area contributed by atoms with Gasteiger partial charge in [0, 0.05) is 13.5 Å². The van der Waals surface area contributed by atoms with E-state index in [2.05, 4.69) is 0 Å². The molecule has 3 nitrogen and oxygen atoms in total. The van der Waals surface area contributed by atoms with E-state index >= 15 is 0 Å². The second-order valence-corrected chi connectivity index (χ2v) is 5.85. The Balaban J connectivity index is 1.60. The van der Waals surface area contributed by atoms with Gasteiger partial charge in [-0.25, -0.2) is 0 Å². The van der Waals surface area contributed by atoms with Crippen molar-refractivity contribution in [2.45, 2.75) is 56.3 Å². The van der Waals surface area contributed by atoms with Crippen LogP contribution in [-0.4, -0.2) is 23.9 Å². The number of methoxy groups -OCH3 is 1. The Kier molecular flexibility index (Phi) is 3.50. The van der Waals surface area contributed by atoms with Crippen molar-refractivity contribution in [1.29, 1.82) is 0 Å². The summed E-state index contributed by atoms with van der Waals surface area (Å²) in [4.78, 5) is 0. The fourth-order valence-electron chi connectivity index (χ4n) is 2.68. The van der Waals surface area contributed by atoms with Crippen LogP contribution in [0, 0.1) is 0 Å². The molecule has 1 aromatic rings. The molecule has 104 valence electrons. The third kappa shape index (κ3) is 2.93. The molecule has 0 spiro atoms. The highest BCUT2D eigenvalue weighted by Crippen LogP contribution is 2.42. The van der Waals surface area contributed by atoms with Crippen LogP contribution in [0.4, 0.5) is 0 Å². The van der Waals surface area contributed by atoms with Gasteiger partial charge in [0.15, 0.2) is 0 Å². The topological polar surface area (TPSA) is 38.7 Å². The van der Waals surface area contributed by atoms with Crippen LogP contribution in [0.2, 0.25) is 0 Å². The van der Waals surface area contributed by atoms with Crippen molar-refractivity contribution in [3.63, 3.8) is 0 Å². The zero-order valence-electron chi connectivity index (χ0n) is 11.5. The Morgan fingerprint density at radius 3 is 2.42 bits per heavy atom. The maximum absolute atomic E-state index is 10.3. The molecule has 0 saturated heterocycles. The number of benzene rings is 1. The maximum Gasteiger partial charge on any atom is 0.119 e. The first-order valence-corrected chi connectivity index (χ1v) is 7.21. The van der Waals surface area contributed by atoms with E-state index in [9.17, 15) is 5.11 Å². The fourth-order valence-corrected chi connectivity index (χ4v) is 2.68. The quantitative estimate of drug-likeness (QED) is 0.855. The normalized spacial score (nSPS) is 22.6. The lowest BCUT2D eigenvalue weighted by molar-refractivity contribution is -0.0999. The van der Waals surface area contributed by atoms with E-state index in [-0.39, 0.29) is 5.60 Å². The Bertz CT molecular complexity index is 413. The second-order valence-electron chi connectivity index (χ2n) is 5.85. The van der Waals surface area contributed by atoms with Crippen LogP contribution in [0.15, 0.2) is 24.3 Å². The second kappa shape index (κ2) is 5.14. The molecule has 0 bridgehead atoms. The first-order valence-electron chi connectivity index (χ1n) is 7.21. The van der Waals surface area contributed by atoms with Gasteiger partial charge in [-0.05, 0) is 49.8 Å². The highest BCUT2D eigenvalue weighted by molar-refractivity contribution is 5.29. The van der Waals surface area contributed by atoms with Crippen LogP contribution < -0.4 is 4.74 Å². The molecular weight excluding hydrogens is 240 g/mol. The van der Waals surface area contributed by atoms with E-state index in [0.717, 1.165) is 24.2 Å². The predicted molar refractivity (Wildman–Crippen MR) is 73.3 cm³/mol. The molecule has 2 aliphatic carbocycles. The smallest absolute Gasteiger partial charge is 0.119 e. The third-order valence-corrected chi connectivity index (χ3v) is 4.36. The number of ether oxygens (including phenoxy) is 2. The first-order chi connectivity index (χ1) is 9.21. The Labute approximate surface area is 114 Å². The fraction of sp³-hybridized carbons (Fsp3) is 0.625. The lowest BCUT2D eigenvalue weighted by atomic mass is 9.75. The van der Waals surface area contributed by atoms with Crippen molar-refractivity contribution >= 4 is 0 Å². The Morgan fingerprint density at radius 1 is 1.26 bits per heavy atom. The van der Waals surface area contributed by atoms with Crippen LogP contribution in [0.25, 0.3) is 0 Å². The minimum Gasteiger partial charge on any atom is -0.490 e. The summed E-state index contributed by atoms with van der Waals surface area (Å²) in [5, 5.41) is 10.3. The maximum atomic E-state index is 10.3. The van der Waals surface area contributed by atoms with Gasteiger partial charge in [-0.2, -0.15) is 0 Å². The molecule has 19 heavy (non-hydrogen) atoms. The molecule has 0 aromatic heterocycles. The highest BCUT2D eigenvalue weighted by Gasteiger charge is 2.39. The van der Waals surface area contributed by atoms with Crippen LogP contribution in [0.3, 0.4) is 0 Å². The molecule has 1 aromatic carbocycles. The lowest BCUT2D eigenvalue weighted by Crippen LogP contribution is -2.40. The van der Waals surface area contributed by atoms with E-state index in [4.69, 9.17) is 9.47 Å². The van der Waals surface area contributed by atoms with Gasteiger partial charge in [-0.3, -0.25) is 0 Å². The Morgan fingerprint density at radius 2 is 1.95 bits per heavy atom. The van der Waals surface area contributed by atoms with E-state index in [1.807, 2.05) is 24.3 Å². The van der Waals surface area contributed by atoms with Gasteiger partial charge in [-0.1, -0.05) is 12.1 Å². The molecule has 0 aliphatic heterocycles. The molecule has 0 amide bonds. The zero-order valence-corrected chi connectivity index (χ0v) is 11.5. The molecular formula is C16H22O3. The molecule has 1 unspecified atom stereocenters. The SMILES string of the molecule is COC1(CC(O)c2ccc(OC3CC3)cc2)CCC1. The van der Waals surface area contributed by atoms with E-state index in [0.29, 0.717) is 12.5 Å². The third-order valence-electron chi connectivity index (χ3n) is 4.36. The summed E-state index contributed by atoms with van der Waals surface area (Å²) in [5.41, 5.74) is 0.856.